The third-order valence-electron chi connectivity index (χ3n) is 3.05. The number of rotatable bonds is 3. The van der Waals surface area contributed by atoms with Crippen LogP contribution in [0, 0.1) is 0 Å². The Morgan fingerprint density at radius 1 is 1.33 bits per heavy atom. The number of thioether (sulfide) groups is 2. The molecule has 2 aromatic carbocycles. The highest BCUT2D eigenvalue weighted by Gasteiger charge is 2.25. The molecule has 0 spiro atoms. The molecule has 21 heavy (non-hydrogen) atoms. The van der Waals surface area contributed by atoms with E-state index in [-0.39, 0.29) is 23.2 Å². The quantitative estimate of drug-likeness (QED) is 0.595. The summed E-state index contributed by atoms with van der Waals surface area (Å²) in [7, 11) is 0. The Morgan fingerprint density at radius 2 is 2.05 bits per heavy atom. The molecule has 1 heterocycles. The van der Waals surface area contributed by atoms with Crippen LogP contribution in [0.25, 0.3) is 10.8 Å². The number of anilines is 1. The number of phenolic OH excluding ortho intramolecular Hbond substituents is 1. The fourth-order valence-corrected chi connectivity index (χ4v) is 4.20. The number of carbonyl (C=O) groups is 2. The number of hydrogen-bond acceptors (Lipinski definition) is 5. The van der Waals surface area contributed by atoms with Crippen molar-refractivity contribution in [2.24, 2.45) is 0 Å². The number of fused-ring (bicyclic) bond motifs is 3. The minimum atomic E-state index is -0.953. The van der Waals surface area contributed by atoms with Crippen LogP contribution in [-0.2, 0) is 9.59 Å². The lowest BCUT2D eigenvalue weighted by Crippen LogP contribution is -2.19. The van der Waals surface area contributed by atoms with Gasteiger partial charge in [-0.1, -0.05) is 24.3 Å². The lowest BCUT2D eigenvalue weighted by Gasteiger charge is -2.22. The van der Waals surface area contributed by atoms with Crippen molar-refractivity contribution < 1.29 is 19.8 Å². The Labute approximate surface area is 128 Å². The van der Waals surface area contributed by atoms with E-state index in [2.05, 4.69) is 5.32 Å². The predicted molar refractivity (Wildman–Crippen MR) is 83.3 cm³/mol. The van der Waals surface area contributed by atoms with Crippen molar-refractivity contribution in [3.8, 4) is 5.75 Å². The van der Waals surface area contributed by atoms with Gasteiger partial charge in [0.2, 0.25) is 5.91 Å². The Balaban J connectivity index is 2.24. The zero-order chi connectivity index (χ0) is 15.0. The Kier molecular flexibility index (Phi) is 3.69. The summed E-state index contributed by atoms with van der Waals surface area (Å²) in [5.74, 6) is -0.874. The SMILES string of the molecule is O=C(O)CSc1c2c(c3ccccc3c1O)NC(=O)CS2. The number of hydrogen-bond donors (Lipinski definition) is 3. The normalized spacial score (nSPS) is 13.8. The van der Waals surface area contributed by atoms with Gasteiger partial charge in [0.1, 0.15) is 5.75 Å². The molecular formula is C14H11NO4S2. The fourth-order valence-electron chi connectivity index (χ4n) is 2.22. The largest absolute Gasteiger partial charge is 0.506 e. The maximum absolute atomic E-state index is 11.6. The smallest absolute Gasteiger partial charge is 0.313 e. The number of carboxylic acid groups (broad SMARTS) is 1. The van der Waals surface area contributed by atoms with Gasteiger partial charge in [0.25, 0.3) is 0 Å². The zero-order valence-electron chi connectivity index (χ0n) is 10.8. The summed E-state index contributed by atoms with van der Waals surface area (Å²) in [6, 6.07) is 7.20. The molecule has 0 unspecified atom stereocenters. The molecule has 1 aliphatic rings. The van der Waals surface area contributed by atoms with Crippen LogP contribution in [0.2, 0.25) is 0 Å². The van der Waals surface area contributed by atoms with E-state index in [4.69, 9.17) is 5.11 Å². The first kappa shape index (κ1) is 14.1. The number of carboxylic acids is 1. The van der Waals surface area contributed by atoms with Gasteiger partial charge in [-0.3, -0.25) is 9.59 Å². The molecule has 1 aliphatic heterocycles. The molecule has 0 atom stereocenters. The molecule has 1 amide bonds. The summed E-state index contributed by atoms with van der Waals surface area (Å²) in [5, 5.41) is 23.5. The second-order valence-electron chi connectivity index (χ2n) is 4.45. The highest BCUT2D eigenvalue weighted by atomic mass is 32.2. The van der Waals surface area contributed by atoms with E-state index >= 15 is 0 Å². The molecule has 3 rings (SSSR count). The summed E-state index contributed by atoms with van der Waals surface area (Å²) in [5.41, 5.74) is 0.650. The Bertz CT molecular complexity index is 760. The summed E-state index contributed by atoms with van der Waals surface area (Å²) in [6.07, 6.45) is 0. The van der Waals surface area contributed by atoms with E-state index in [0.29, 0.717) is 16.0 Å². The van der Waals surface area contributed by atoms with Crippen molar-refractivity contribution in [3.05, 3.63) is 24.3 Å². The number of phenols is 1. The van der Waals surface area contributed by atoms with E-state index < -0.39 is 5.97 Å². The Hall–Kier alpha value is -1.86. The number of carbonyl (C=O) groups excluding carboxylic acids is 1. The Morgan fingerprint density at radius 3 is 2.76 bits per heavy atom. The topological polar surface area (TPSA) is 86.6 Å². The number of amides is 1. The lowest BCUT2D eigenvalue weighted by molar-refractivity contribution is -0.133. The molecular weight excluding hydrogens is 310 g/mol. The highest BCUT2D eigenvalue weighted by molar-refractivity contribution is 8.03. The van der Waals surface area contributed by atoms with Crippen LogP contribution in [0.3, 0.4) is 0 Å². The zero-order valence-corrected chi connectivity index (χ0v) is 12.4. The van der Waals surface area contributed by atoms with Gasteiger partial charge in [0.15, 0.2) is 0 Å². The first-order chi connectivity index (χ1) is 10.1. The van der Waals surface area contributed by atoms with Crippen molar-refractivity contribution in [1.29, 1.82) is 0 Å². The van der Waals surface area contributed by atoms with Crippen molar-refractivity contribution in [2.45, 2.75) is 9.79 Å². The van der Waals surface area contributed by atoms with Crippen molar-refractivity contribution in [1.82, 2.24) is 0 Å². The molecule has 0 aliphatic carbocycles. The molecule has 5 nitrogen and oxygen atoms in total. The number of aromatic hydroxyl groups is 1. The molecule has 0 aromatic heterocycles. The summed E-state index contributed by atoms with van der Waals surface area (Å²) >= 11 is 2.38. The first-order valence-corrected chi connectivity index (χ1v) is 8.10. The fraction of sp³-hybridized carbons (Fsp3) is 0.143. The van der Waals surface area contributed by atoms with Gasteiger partial charge in [-0.15, -0.1) is 23.5 Å². The number of benzene rings is 2. The van der Waals surface area contributed by atoms with Gasteiger partial charge in [0.05, 0.1) is 22.1 Å². The van der Waals surface area contributed by atoms with Gasteiger partial charge in [-0.25, -0.2) is 0 Å². The molecule has 0 fully saturated rings. The minimum Gasteiger partial charge on any atom is -0.506 e. The van der Waals surface area contributed by atoms with E-state index in [1.807, 2.05) is 12.1 Å². The van der Waals surface area contributed by atoms with Crippen LogP contribution in [0.5, 0.6) is 5.75 Å². The van der Waals surface area contributed by atoms with E-state index in [1.54, 1.807) is 12.1 Å². The molecule has 3 N–H and O–H groups in total. The van der Waals surface area contributed by atoms with Crippen LogP contribution >= 0.6 is 23.5 Å². The highest BCUT2D eigenvalue weighted by Crippen LogP contribution is 2.49. The molecule has 7 heteroatoms. The first-order valence-electron chi connectivity index (χ1n) is 6.13. The van der Waals surface area contributed by atoms with Crippen LogP contribution in [0.4, 0.5) is 5.69 Å². The summed E-state index contributed by atoms with van der Waals surface area (Å²) in [6.45, 7) is 0. The summed E-state index contributed by atoms with van der Waals surface area (Å²) in [4.78, 5) is 23.7. The van der Waals surface area contributed by atoms with Crippen molar-refractivity contribution >= 4 is 51.9 Å². The second kappa shape index (κ2) is 5.50. The van der Waals surface area contributed by atoms with Gasteiger partial charge in [0, 0.05) is 15.7 Å². The average molecular weight is 321 g/mol. The van der Waals surface area contributed by atoms with E-state index in [0.717, 1.165) is 22.0 Å². The molecule has 0 saturated heterocycles. The van der Waals surface area contributed by atoms with E-state index in [1.165, 1.54) is 11.8 Å². The van der Waals surface area contributed by atoms with Gasteiger partial charge < -0.3 is 15.5 Å². The van der Waals surface area contributed by atoms with Crippen LogP contribution < -0.4 is 5.32 Å². The van der Waals surface area contributed by atoms with Gasteiger partial charge in [-0.2, -0.15) is 0 Å². The lowest BCUT2D eigenvalue weighted by atomic mass is 10.1. The van der Waals surface area contributed by atoms with Crippen LogP contribution in [0.15, 0.2) is 34.1 Å². The predicted octanol–water partition coefficient (Wildman–Crippen LogP) is 2.77. The van der Waals surface area contributed by atoms with Crippen LogP contribution in [0.1, 0.15) is 0 Å². The summed E-state index contributed by atoms with van der Waals surface area (Å²) < 4.78 is 0. The monoisotopic (exact) mass is 321 g/mol. The maximum Gasteiger partial charge on any atom is 0.313 e. The third kappa shape index (κ3) is 2.54. The molecule has 0 bridgehead atoms. The number of nitrogens with one attached hydrogen (secondary N) is 1. The second-order valence-corrected chi connectivity index (χ2v) is 6.42. The van der Waals surface area contributed by atoms with Gasteiger partial charge >= 0.3 is 5.97 Å². The molecule has 0 radical (unpaired) electrons. The van der Waals surface area contributed by atoms with Crippen molar-refractivity contribution in [3.63, 3.8) is 0 Å². The average Bonchev–Trinajstić information content (AvgIpc) is 2.47. The standard InChI is InChI=1S/C14H11NO4S2/c16-9-5-20-13-11(15-9)7-3-1-2-4-8(7)12(19)14(13)21-6-10(17)18/h1-4,19H,5-6H2,(H,15,16)(H,17,18). The maximum atomic E-state index is 11.6. The molecule has 0 saturated carbocycles. The number of aliphatic carboxylic acids is 1. The van der Waals surface area contributed by atoms with E-state index in [9.17, 15) is 14.7 Å². The molecule has 2 aromatic rings. The van der Waals surface area contributed by atoms with Gasteiger partial charge in [-0.05, 0) is 0 Å². The van der Waals surface area contributed by atoms with Crippen molar-refractivity contribution in [2.75, 3.05) is 16.8 Å². The third-order valence-corrected chi connectivity index (χ3v) is 5.36. The molecule has 108 valence electrons. The minimum absolute atomic E-state index is 0.0687. The van der Waals surface area contributed by atoms with Crippen LogP contribution in [-0.4, -0.2) is 33.6 Å².